The fourth-order valence-corrected chi connectivity index (χ4v) is 3.60. The van der Waals surface area contributed by atoms with Gasteiger partial charge in [-0.1, -0.05) is 40.2 Å². The molecule has 1 aliphatic rings. The number of allylic oxidation sites excluding steroid dienone is 1. The van der Waals surface area contributed by atoms with Crippen molar-refractivity contribution in [2.45, 2.75) is 12.8 Å². The van der Waals surface area contributed by atoms with Crippen LogP contribution in [0.15, 0.2) is 51.4 Å². The van der Waals surface area contributed by atoms with Crippen LogP contribution in [0.25, 0.3) is 28.2 Å². The molecule has 114 valence electrons. The molecule has 2 aromatic carbocycles. The second-order valence-electron chi connectivity index (χ2n) is 5.46. The van der Waals surface area contributed by atoms with Crippen LogP contribution in [0.1, 0.15) is 17.7 Å². The highest BCUT2D eigenvalue weighted by Crippen LogP contribution is 2.43. The van der Waals surface area contributed by atoms with Crippen LogP contribution < -0.4 is 0 Å². The molecule has 0 N–H and O–H groups in total. The molecule has 0 bridgehead atoms. The highest BCUT2D eigenvalue weighted by molar-refractivity contribution is 9.10. The van der Waals surface area contributed by atoms with E-state index in [-0.39, 0.29) is 10.6 Å². The molecule has 0 fully saturated rings. The Morgan fingerprint density at radius 1 is 1.13 bits per heavy atom. The maximum Gasteiger partial charge on any atom is 0.319 e. The van der Waals surface area contributed by atoms with E-state index >= 15 is 0 Å². The van der Waals surface area contributed by atoms with Crippen molar-refractivity contribution in [2.24, 2.45) is 0 Å². The van der Waals surface area contributed by atoms with E-state index in [2.05, 4.69) is 15.9 Å². The first-order chi connectivity index (χ1) is 11.2. The number of nitro groups is 1. The molecule has 0 saturated carbocycles. The average Bonchev–Trinajstić information content (AvgIpc) is 2.92. The van der Waals surface area contributed by atoms with Crippen molar-refractivity contribution in [2.75, 3.05) is 0 Å². The lowest BCUT2D eigenvalue weighted by atomic mass is 9.97. The number of hydrogen-bond donors (Lipinski definition) is 0. The Balaban J connectivity index is 2.07. The minimum Gasteiger partial charge on any atom is -0.449 e. The summed E-state index contributed by atoms with van der Waals surface area (Å²) in [5.41, 5.74) is 2.79. The molecule has 0 aliphatic heterocycles. The maximum absolute atomic E-state index is 11.7. The van der Waals surface area contributed by atoms with Crippen LogP contribution in [-0.4, -0.2) is 4.92 Å². The van der Waals surface area contributed by atoms with Crippen molar-refractivity contribution in [3.8, 4) is 11.1 Å². The number of rotatable bonds is 2. The van der Waals surface area contributed by atoms with Gasteiger partial charge in [-0.15, -0.1) is 0 Å². The zero-order valence-corrected chi connectivity index (χ0v) is 13.7. The Bertz CT molecular complexity index is 972. The van der Waals surface area contributed by atoms with Gasteiger partial charge in [-0.3, -0.25) is 10.1 Å². The third-order valence-corrected chi connectivity index (χ3v) is 4.83. The van der Waals surface area contributed by atoms with Crippen molar-refractivity contribution >= 4 is 38.7 Å². The molecule has 3 aromatic rings. The lowest BCUT2D eigenvalue weighted by Crippen LogP contribution is -1.94. The van der Waals surface area contributed by atoms with E-state index in [1.54, 1.807) is 0 Å². The Labute approximate surface area is 140 Å². The normalized spacial score (nSPS) is 13.3. The lowest BCUT2D eigenvalue weighted by Gasteiger charge is -2.06. The van der Waals surface area contributed by atoms with Gasteiger partial charge in [0.2, 0.25) is 5.58 Å². The predicted octanol–water partition coefficient (Wildman–Crippen LogP) is 5.73. The first kappa shape index (κ1) is 14.2. The topological polar surface area (TPSA) is 56.3 Å². The minimum atomic E-state index is -0.351. The highest BCUT2D eigenvalue weighted by atomic mass is 79.9. The fourth-order valence-electron chi connectivity index (χ4n) is 3.11. The maximum atomic E-state index is 11.7. The molecule has 0 spiro atoms. The van der Waals surface area contributed by atoms with Gasteiger partial charge in [0.15, 0.2) is 0 Å². The standard InChI is InChI=1S/C18H12BrNO3/c19-15-7-3-1-5-11(15)13-9-10-14-12-6-2-4-8-16(12)23-18(14)17(13)20(21)22/h1,3-5,7-10H,2,6H2. The second-order valence-corrected chi connectivity index (χ2v) is 6.32. The van der Waals surface area contributed by atoms with Crippen LogP contribution in [0.2, 0.25) is 0 Å². The molecular weight excluding hydrogens is 358 g/mol. The number of halogens is 1. The smallest absolute Gasteiger partial charge is 0.319 e. The summed E-state index contributed by atoms with van der Waals surface area (Å²) in [5, 5.41) is 12.6. The van der Waals surface area contributed by atoms with Gasteiger partial charge >= 0.3 is 5.69 Å². The van der Waals surface area contributed by atoms with Crippen molar-refractivity contribution in [1.29, 1.82) is 0 Å². The summed E-state index contributed by atoms with van der Waals surface area (Å²) in [7, 11) is 0. The molecule has 1 aliphatic carbocycles. The summed E-state index contributed by atoms with van der Waals surface area (Å²) < 4.78 is 6.66. The van der Waals surface area contributed by atoms with Crippen molar-refractivity contribution in [3.05, 3.63) is 68.4 Å². The van der Waals surface area contributed by atoms with Gasteiger partial charge in [-0.05, 0) is 37.1 Å². The van der Waals surface area contributed by atoms with E-state index in [1.807, 2.05) is 48.6 Å². The van der Waals surface area contributed by atoms with E-state index in [0.717, 1.165) is 39.6 Å². The molecule has 1 aromatic heterocycles. The Hall–Kier alpha value is -2.40. The Morgan fingerprint density at radius 3 is 2.74 bits per heavy atom. The SMILES string of the molecule is O=[N+]([O-])c1c(-c2ccccc2Br)ccc2c3c(oc12)C=CCC3. The molecule has 1 heterocycles. The van der Waals surface area contributed by atoms with E-state index in [1.165, 1.54) is 0 Å². The van der Waals surface area contributed by atoms with Crippen molar-refractivity contribution < 1.29 is 9.34 Å². The van der Waals surface area contributed by atoms with Crippen LogP contribution in [-0.2, 0) is 6.42 Å². The molecule has 0 saturated heterocycles. The fraction of sp³-hybridized carbons (Fsp3) is 0.111. The first-order valence-corrected chi connectivity index (χ1v) is 8.10. The monoisotopic (exact) mass is 369 g/mol. The third-order valence-electron chi connectivity index (χ3n) is 4.14. The number of furan rings is 1. The van der Waals surface area contributed by atoms with Gasteiger partial charge in [0.25, 0.3) is 0 Å². The van der Waals surface area contributed by atoms with Crippen LogP contribution in [0.5, 0.6) is 0 Å². The van der Waals surface area contributed by atoms with Gasteiger partial charge in [0, 0.05) is 21.0 Å². The molecule has 5 heteroatoms. The second kappa shape index (κ2) is 5.35. The summed E-state index contributed by atoms with van der Waals surface area (Å²) in [6, 6.07) is 11.2. The average molecular weight is 370 g/mol. The van der Waals surface area contributed by atoms with Crippen LogP contribution >= 0.6 is 15.9 Å². The predicted molar refractivity (Wildman–Crippen MR) is 93.4 cm³/mol. The van der Waals surface area contributed by atoms with Gasteiger partial charge in [-0.2, -0.15) is 0 Å². The minimum absolute atomic E-state index is 0.0252. The molecule has 0 amide bonds. The molecule has 0 radical (unpaired) electrons. The number of hydrogen-bond acceptors (Lipinski definition) is 3. The first-order valence-electron chi connectivity index (χ1n) is 7.31. The summed E-state index contributed by atoms with van der Waals surface area (Å²) in [4.78, 5) is 11.4. The van der Waals surface area contributed by atoms with Gasteiger partial charge in [-0.25, -0.2) is 0 Å². The molecule has 0 unspecified atom stereocenters. The zero-order valence-electron chi connectivity index (χ0n) is 12.1. The van der Waals surface area contributed by atoms with Crippen molar-refractivity contribution in [3.63, 3.8) is 0 Å². The number of nitrogens with zero attached hydrogens (tertiary/aromatic N) is 1. The van der Waals surface area contributed by atoms with Crippen LogP contribution in [0, 0.1) is 10.1 Å². The highest BCUT2D eigenvalue weighted by Gasteiger charge is 2.27. The number of fused-ring (bicyclic) bond motifs is 3. The Morgan fingerprint density at radius 2 is 1.96 bits per heavy atom. The largest absolute Gasteiger partial charge is 0.449 e. The molecule has 4 nitrogen and oxygen atoms in total. The third kappa shape index (κ3) is 2.19. The zero-order chi connectivity index (χ0) is 16.0. The van der Waals surface area contributed by atoms with Crippen molar-refractivity contribution in [1.82, 2.24) is 0 Å². The summed E-state index contributed by atoms with van der Waals surface area (Å²) in [5.74, 6) is 0.735. The number of benzene rings is 2. The van der Waals surface area contributed by atoms with Gasteiger partial charge in [0.05, 0.1) is 10.5 Å². The molecule has 0 atom stereocenters. The van der Waals surface area contributed by atoms with Crippen LogP contribution in [0.3, 0.4) is 0 Å². The number of aryl methyl sites for hydroxylation is 1. The summed E-state index contributed by atoms with van der Waals surface area (Å²) in [6.07, 6.45) is 5.72. The molecular formula is C18H12BrNO3. The lowest BCUT2D eigenvalue weighted by molar-refractivity contribution is -0.382. The Kier molecular flexibility index (Phi) is 3.31. The van der Waals surface area contributed by atoms with Gasteiger partial charge in [0.1, 0.15) is 5.76 Å². The van der Waals surface area contributed by atoms with E-state index in [0.29, 0.717) is 11.1 Å². The summed E-state index contributed by atoms with van der Waals surface area (Å²) in [6.45, 7) is 0. The number of nitro benzene ring substituents is 1. The van der Waals surface area contributed by atoms with Gasteiger partial charge < -0.3 is 4.42 Å². The van der Waals surface area contributed by atoms with E-state index in [9.17, 15) is 10.1 Å². The quantitative estimate of drug-likeness (QED) is 0.428. The summed E-state index contributed by atoms with van der Waals surface area (Å²) >= 11 is 3.47. The van der Waals surface area contributed by atoms with E-state index < -0.39 is 0 Å². The molecule has 4 rings (SSSR count). The van der Waals surface area contributed by atoms with Crippen LogP contribution in [0.4, 0.5) is 5.69 Å². The van der Waals surface area contributed by atoms with E-state index in [4.69, 9.17) is 4.42 Å². The molecule has 23 heavy (non-hydrogen) atoms.